The second-order valence-corrected chi connectivity index (χ2v) is 12.9. The summed E-state index contributed by atoms with van der Waals surface area (Å²) < 4.78 is 9.58. The molecular formula is C35H47N5O3S. The third kappa shape index (κ3) is 6.66. The predicted molar refractivity (Wildman–Crippen MR) is 182 cm³/mol. The number of nitrogens with zero attached hydrogens (tertiary/aromatic N) is 4. The number of likely N-dealkylation sites (N-methyl/N-ethyl adjacent to an activating group) is 1. The van der Waals surface area contributed by atoms with Gasteiger partial charge in [0.1, 0.15) is 6.17 Å². The van der Waals surface area contributed by atoms with Gasteiger partial charge in [-0.2, -0.15) is 0 Å². The number of unbranched alkanes of at least 4 members (excludes halogenated alkanes) is 1. The number of hydrogen-bond donors (Lipinski definition) is 2. The molecule has 0 aromatic heterocycles. The summed E-state index contributed by atoms with van der Waals surface area (Å²) in [6, 6.07) is 6.07. The maximum atomic E-state index is 13.0. The van der Waals surface area contributed by atoms with E-state index in [4.69, 9.17) is 15.6 Å². The minimum Gasteiger partial charge on any atom is -0.352 e. The number of carbonyl (C=O) groups is 1. The average molecular weight is 618 g/mol. The summed E-state index contributed by atoms with van der Waals surface area (Å²) in [5, 5.41) is 1.26. The van der Waals surface area contributed by atoms with Gasteiger partial charge < -0.3 is 20.1 Å². The number of amides is 1. The van der Waals surface area contributed by atoms with Crippen LogP contribution < -0.4 is 10.6 Å². The van der Waals surface area contributed by atoms with Crippen molar-refractivity contribution in [1.82, 2.24) is 9.96 Å². The molecule has 8 nitrogen and oxygen atoms in total. The van der Waals surface area contributed by atoms with Gasteiger partial charge in [0.05, 0.1) is 12.7 Å². The van der Waals surface area contributed by atoms with Crippen LogP contribution in [0.4, 0.5) is 5.69 Å². The van der Waals surface area contributed by atoms with Crippen molar-refractivity contribution in [3.05, 3.63) is 95.4 Å². The second kappa shape index (κ2) is 14.2. The summed E-state index contributed by atoms with van der Waals surface area (Å²) in [6.07, 6.45) is 20.2. The Balaban J connectivity index is 1.50. The van der Waals surface area contributed by atoms with Gasteiger partial charge in [-0.25, -0.2) is 5.06 Å². The fourth-order valence-electron chi connectivity index (χ4n) is 6.02. The standard InChI is InChI=1S/C35H47N5O3S/c1-8-9-20-39-24-25(33(41)38(6)43-7)22-28-32(39)37-30(34(28,2)3)15-13-11-10-12-14-16-31-35(4,5)27-23-26(44-42)17-18-29(27)40(31)21-19-36/h10-18,22-24,32,42H,8-9,19-21,36H2,1-7H3/b11-10+,14-12+,15-13+,31-16+. The Bertz CT molecular complexity index is 1450. The molecule has 1 amide bonds. The van der Waals surface area contributed by atoms with E-state index in [1.54, 1.807) is 7.05 Å². The van der Waals surface area contributed by atoms with Crippen molar-refractivity contribution in [2.24, 2.45) is 16.1 Å². The number of hydroxylamine groups is 2. The molecule has 1 aromatic carbocycles. The topological polar surface area (TPSA) is 94.6 Å². The van der Waals surface area contributed by atoms with Gasteiger partial charge in [0.25, 0.3) is 5.91 Å². The summed E-state index contributed by atoms with van der Waals surface area (Å²) in [6.45, 7) is 13.0. The molecule has 3 N–H and O–H groups in total. The van der Waals surface area contributed by atoms with E-state index in [1.165, 1.54) is 23.4 Å². The lowest BCUT2D eigenvalue weighted by Crippen LogP contribution is -2.38. The predicted octanol–water partition coefficient (Wildman–Crippen LogP) is 6.61. The van der Waals surface area contributed by atoms with Gasteiger partial charge in [-0.05, 0) is 54.0 Å². The van der Waals surface area contributed by atoms with Gasteiger partial charge in [-0.15, -0.1) is 0 Å². The number of aliphatic imine (C=N–C) groups is 1. The molecule has 0 spiro atoms. The largest absolute Gasteiger partial charge is 0.352 e. The van der Waals surface area contributed by atoms with Crippen LogP contribution in [0.3, 0.4) is 0 Å². The van der Waals surface area contributed by atoms with Gasteiger partial charge >= 0.3 is 0 Å². The van der Waals surface area contributed by atoms with Gasteiger partial charge in [-0.3, -0.25) is 14.6 Å². The molecule has 0 saturated carbocycles. The average Bonchev–Trinajstić information content (AvgIpc) is 3.39. The third-order valence-electron chi connectivity index (χ3n) is 8.68. The minimum atomic E-state index is -0.324. The van der Waals surface area contributed by atoms with Crippen LogP contribution >= 0.6 is 12.0 Å². The van der Waals surface area contributed by atoms with E-state index in [0.717, 1.165) is 59.8 Å². The molecule has 3 heterocycles. The first-order chi connectivity index (χ1) is 21.0. The second-order valence-electron chi connectivity index (χ2n) is 12.3. The van der Waals surface area contributed by atoms with Crippen molar-refractivity contribution < 1.29 is 14.2 Å². The zero-order valence-corrected chi connectivity index (χ0v) is 27.9. The smallest absolute Gasteiger partial charge is 0.278 e. The number of anilines is 1. The summed E-state index contributed by atoms with van der Waals surface area (Å²) in [4.78, 5) is 28.5. The van der Waals surface area contributed by atoms with Gasteiger partial charge in [0, 0.05) is 77.7 Å². The Hall–Kier alpha value is -3.37. The van der Waals surface area contributed by atoms with E-state index in [0.29, 0.717) is 12.1 Å². The quantitative estimate of drug-likeness (QED) is 0.155. The zero-order chi connectivity index (χ0) is 32.1. The number of allylic oxidation sites excluding steroid dienone is 8. The molecule has 3 aliphatic rings. The Morgan fingerprint density at radius 2 is 1.86 bits per heavy atom. The SMILES string of the molecule is CCCCN1C=C(C(=O)N(C)OC)C=C2C1N=C(/C=C/C=C/C=C/C=C1/N(CCN)c3ccc(SO)cc3C1(C)C)C2(C)C. The van der Waals surface area contributed by atoms with E-state index in [-0.39, 0.29) is 22.9 Å². The van der Waals surface area contributed by atoms with Crippen molar-refractivity contribution in [1.29, 1.82) is 0 Å². The molecule has 0 fully saturated rings. The van der Waals surface area contributed by atoms with E-state index in [1.807, 2.05) is 42.6 Å². The minimum absolute atomic E-state index is 0.112. The van der Waals surface area contributed by atoms with Crippen LogP contribution in [-0.4, -0.2) is 66.1 Å². The van der Waals surface area contributed by atoms with Crippen LogP contribution in [0, 0.1) is 5.41 Å². The number of carbonyl (C=O) groups excluding carboxylic acids is 1. The Kier molecular flexibility index (Phi) is 10.8. The van der Waals surface area contributed by atoms with Crippen LogP contribution in [-0.2, 0) is 15.0 Å². The van der Waals surface area contributed by atoms with Crippen LogP contribution in [0.15, 0.2) is 99.7 Å². The fraction of sp³-hybridized carbons (Fsp3) is 0.429. The highest BCUT2D eigenvalue weighted by Crippen LogP contribution is 2.48. The highest BCUT2D eigenvalue weighted by atomic mass is 32.2. The normalized spacial score (nSPS) is 21.3. The van der Waals surface area contributed by atoms with Crippen molar-refractivity contribution in [2.45, 2.75) is 63.9 Å². The van der Waals surface area contributed by atoms with Crippen LogP contribution in [0.5, 0.6) is 0 Å². The molecular weight excluding hydrogens is 570 g/mol. The summed E-state index contributed by atoms with van der Waals surface area (Å²) in [5.41, 5.74) is 11.6. The molecule has 1 aromatic rings. The number of nitrogens with two attached hydrogens (primary N) is 1. The first-order valence-corrected chi connectivity index (χ1v) is 16.0. The Labute approximate surface area is 267 Å². The maximum absolute atomic E-state index is 13.0. The first kappa shape index (κ1) is 33.5. The van der Waals surface area contributed by atoms with Crippen molar-refractivity contribution in [2.75, 3.05) is 38.7 Å². The number of hydrogen-bond acceptors (Lipinski definition) is 8. The highest BCUT2D eigenvalue weighted by Gasteiger charge is 2.43. The lowest BCUT2D eigenvalue weighted by molar-refractivity contribution is -0.163. The molecule has 1 atom stereocenters. The van der Waals surface area contributed by atoms with Crippen LogP contribution in [0.1, 0.15) is 53.0 Å². The molecule has 44 heavy (non-hydrogen) atoms. The maximum Gasteiger partial charge on any atom is 0.278 e. The third-order valence-corrected chi connectivity index (χ3v) is 9.15. The van der Waals surface area contributed by atoms with E-state index in [2.05, 4.69) is 74.8 Å². The van der Waals surface area contributed by atoms with Crippen molar-refractivity contribution >= 4 is 29.3 Å². The van der Waals surface area contributed by atoms with Crippen LogP contribution in [0.25, 0.3) is 0 Å². The molecule has 0 aliphatic carbocycles. The molecule has 3 aliphatic heterocycles. The molecule has 1 unspecified atom stereocenters. The summed E-state index contributed by atoms with van der Waals surface area (Å²) >= 11 is 0.772. The zero-order valence-electron chi connectivity index (χ0n) is 27.1. The first-order valence-electron chi connectivity index (χ1n) is 15.3. The van der Waals surface area contributed by atoms with E-state index < -0.39 is 0 Å². The van der Waals surface area contributed by atoms with Crippen LogP contribution in [0.2, 0.25) is 0 Å². The monoisotopic (exact) mass is 617 g/mol. The number of rotatable bonds is 12. The lowest BCUT2D eigenvalue weighted by atomic mass is 9.78. The van der Waals surface area contributed by atoms with Gasteiger partial charge in [-0.1, -0.05) is 71.4 Å². The summed E-state index contributed by atoms with van der Waals surface area (Å²) in [5.74, 6) is -0.172. The molecule has 0 radical (unpaired) electrons. The number of benzene rings is 1. The van der Waals surface area contributed by atoms with Crippen molar-refractivity contribution in [3.63, 3.8) is 0 Å². The number of fused-ring (bicyclic) bond motifs is 2. The lowest BCUT2D eigenvalue weighted by Gasteiger charge is -2.34. The molecule has 0 bridgehead atoms. The van der Waals surface area contributed by atoms with Gasteiger partial charge in [0.15, 0.2) is 0 Å². The fourth-order valence-corrected chi connectivity index (χ4v) is 6.32. The molecule has 4 rings (SSSR count). The van der Waals surface area contributed by atoms with Gasteiger partial charge in [0.2, 0.25) is 0 Å². The van der Waals surface area contributed by atoms with Crippen molar-refractivity contribution in [3.8, 4) is 0 Å². The molecule has 0 saturated heterocycles. The highest BCUT2D eigenvalue weighted by molar-refractivity contribution is 7.93. The Morgan fingerprint density at radius 1 is 1.14 bits per heavy atom. The van der Waals surface area contributed by atoms with E-state index in [9.17, 15) is 9.35 Å². The van der Waals surface area contributed by atoms with E-state index >= 15 is 0 Å². The Morgan fingerprint density at radius 3 is 2.55 bits per heavy atom. The summed E-state index contributed by atoms with van der Waals surface area (Å²) in [7, 11) is 3.12. The molecule has 9 heteroatoms. The molecule has 236 valence electrons.